The van der Waals surface area contributed by atoms with Crippen molar-refractivity contribution < 1.29 is 13.2 Å². The summed E-state index contributed by atoms with van der Waals surface area (Å²) in [4.78, 5) is 12.4. The lowest BCUT2D eigenvalue weighted by molar-refractivity contribution is -0.123. The molecule has 0 bridgehead atoms. The van der Waals surface area contributed by atoms with Gasteiger partial charge in [-0.15, -0.1) is 0 Å². The van der Waals surface area contributed by atoms with Crippen LogP contribution in [0, 0.1) is 17.3 Å². The van der Waals surface area contributed by atoms with E-state index >= 15 is 0 Å². The van der Waals surface area contributed by atoms with Gasteiger partial charge in [0.1, 0.15) is 0 Å². The molecule has 126 valence electrons. The van der Waals surface area contributed by atoms with Gasteiger partial charge < -0.3 is 5.32 Å². The number of nitrogens with one attached hydrogen (secondary N) is 1. The molecule has 3 N–H and O–H groups in total. The highest BCUT2D eigenvalue weighted by Crippen LogP contribution is 2.59. The molecule has 1 saturated carbocycles. The Morgan fingerprint density at radius 2 is 2.00 bits per heavy atom. The third-order valence-corrected chi connectivity index (χ3v) is 5.31. The molecule has 0 unspecified atom stereocenters. The molecule has 2 atom stereocenters. The molecule has 0 aliphatic heterocycles. The van der Waals surface area contributed by atoms with E-state index in [-0.39, 0.29) is 34.6 Å². The minimum Gasteiger partial charge on any atom is -0.352 e. The van der Waals surface area contributed by atoms with Gasteiger partial charge >= 0.3 is 0 Å². The van der Waals surface area contributed by atoms with Crippen LogP contribution in [-0.4, -0.2) is 14.3 Å². The number of allylic oxidation sites excluding steroid dienone is 2. The molecule has 6 heteroatoms. The van der Waals surface area contributed by atoms with Gasteiger partial charge in [-0.1, -0.05) is 37.6 Å². The fourth-order valence-electron chi connectivity index (χ4n) is 2.98. The maximum atomic E-state index is 12.4. The number of nitrogens with two attached hydrogens (primary N) is 1. The summed E-state index contributed by atoms with van der Waals surface area (Å²) in [5.74, 6) is 0.209. The zero-order valence-corrected chi connectivity index (χ0v) is 14.8. The molecule has 23 heavy (non-hydrogen) atoms. The van der Waals surface area contributed by atoms with Gasteiger partial charge in [0.05, 0.1) is 10.8 Å². The van der Waals surface area contributed by atoms with Gasteiger partial charge in [-0.05, 0) is 42.9 Å². The monoisotopic (exact) mass is 336 g/mol. The van der Waals surface area contributed by atoms with E-state index in [1.807, 2.05) is 13.8 Å². The van der Waals surface area contributed by atoms with Crippen molar-refractivity contribution in [3.63, 3.8) is 0 Å². The lowest BCUT2D eigenvalue weighted by Crippen LogP contribution is -2.26. The minimum absolute atomic E-state index is 0.00138. The second-order valence-corrected chi connectivity index (χ2v) is 8.54. The molecule has 2 rings (SSSR count). The molecular formula is C17H24N2O3S. The topological polar surface area (TPSA) is 89.3 Å². The predicted octanol–water partition coefficient (Wildman–Crippen LogP) is 2.19. The fraction of sp³-hybridized carbons (Fsp3) is 0.471. The summed E-state index contributed by atoms with van der Waals surface area (Å²) >= 11 is 0. The van der Waals surface area contributed by atoms with Crippen molar-refractivity contribution in [1.29, 1.82) is 0 Å². The van der Waals surface area contributed by atoms with Gasteiger partial charge in [0.15, 0.2) is 0 Å². The standard InChI is InChI=1S/C17H24N2O3S/c1-11(2)8-14-15(17(14,3)4)16(20)19-10-12-6-5-7-13(9-12)23(18,21)22/h5-9,14-15H,10H2,1-4H3,(H,19,20)(H2,18,21,22)/t14-,15-/m0/s1. The number of sulfonamides is 1. The molecule has 1 aromatic carbocycles. The summed E-state index contributed by atoms with van der Waals surface area (Å²) in [6.45, 7) is 8.52. The maximum Gasteiger partial charge on any atom is 0.238 e. The number of carbonyl (C=O) groups is 1. The Kier molecular flexibility index (Phi) is 4.69. The molecule has 1 aliphatic carbocycles. The largest absolute Gasteiger partial charge is 0.352 e. The molecular weight excluding hydrogens is 312 g/mol. The summed E-state index contributed by atoms with van der Waals surface area (Å²) < 4.78 is 22.7. The fourth-order valence-corrected chi connectivity index (χ4v) is 3.56. The zero-order valence-electron chi connectivity index (χ0n) is 14.0. The van der Waals surface area contributed by atoms with Crippen molar-refractivity contribution in [3.05, 3.63) is 41.5 Å². The summed E-state index contributed by atoms with van der Waals surface area (Å²) in [7, 11) is -3.73. The van der Waals surface area contributed by atoms with Crippen LogP contribution in [-0.2, 0) is 21.4 Å². The highest BCUT2D eigenvalue weighted by Gasteiger charge is 2.60. The van der Waals surface area contributed by atoms with Crippen molar-refractivity contribution in [2.75, 3.05) is 0 Å². The maximum absolute atomic E-state index is 12.4. The first-order valence-electron chi connectivity index (χ1n) is 7.58. The quantitative estimate of drug-likeness (QED) is 0.808. The Balaban J connectivity index is 2.02. The Morgan fingerprint density at radius 3 is 2.57 bits per heavy atom. The molecule has 0 heterocycles. The summed E-state index contributed by atoms with van der Waals surface area (Å²) in [6.07, 6.45) is 2.14. The smallest absolute Gasteiger partial charge is 0.238 e. The Hall–Kier alpha value is -1.66. The number of benzene rings is 1. The van der Waals surface area contributed by atoms with Gasteiger partial charge in [0.25, 0.3) is 0 Å². The first-order chi connectivity index (χ1) is 10.5. The number of hydrogen-bond acceptors (Lipinski definition) is 3. The van der Waals surface area contributed by atoms with E-state index in [2.05, 4.69) is 25.2 Å². The molecule has 0 spiro atoms. The number of carbonyl (C=O) groups excluding carboxylic acids is 1. The third kappa shape index (κ3) is 4.00. The van der Waals surface area contributed by atoms with Crippen LogP contribution in [0.1, 0.15) is 33.3 Å². The molecule has 5 nitrogen and oxygen atoms in total. The molecule has 0 radical (unpaired) electrons. The average Bonchev–Trinajstić information content (AvgIpc) is 2.96. The zero-order chi connectivity index (χ0) is 17.4. The number of primary sulfonamides is 1. The van der Waals surface area contributed by atoms with Crippen molar-refractivity contribution in [2.45, 2.75) is 39.1 Å². The van der Waals surface area contributed by atoms with Crippen molar-refractivity contribution in [3.8, 4) is 0 Å². The molecule has 0 aromatic heterocycles. The highest BCUT2D eigenvalue weighted by atomic mass is 32.2. The van der Waals surface area contributed by atoms with E-state index in [4.69, 9.17) is 5.14 Å². The van der Waals surface area contributed by atoms with Crippen LogP contribution in [0.2, 0.25) is 0 Å². The van der Waals surface area contributed by atoms with Crippen LogP contribution in [0.25, 0.3) is 0 Å². The number of hydrogen-bond donors (Lipinski definition) is 2. The molecule has 1 aromatic rings. The van der Waals surface area contributed by atoms with Crippen LogP contribution in [0.3, 0.4) is 0 Å². The van der Waals surface area contributed by atoms with Gasteiger partial charge in [-0.3, -0.25) is 4.79 Å². The number of rotatable bonds is 5. The second-order valence-electron chi connectivity index (χ2n) is 6.98. The van der Waals surface area contributed by atoms with E-state index < -0.39 is 10.0 Å². The summed E-state index contributed by atoms with van der Waals surface area (Å²) in [5, 5.41) is 8.01. The second kappa shape index (κ2) is 6.09. The van der Waals surface area contributed by atoms with Crippen LogP contribution in [0.15, 0.2) is 40.8 Å². The Labute approximate surface area is 138 Å². The van der Waals surface area contributed by atoms with Crippen LogP contribution in [0.4, 0.5) is 0 Å². The normalized spacial score (nSPS) is 22.3. The van der Waals surface area contributed by atoms with Crippen molar-refractivity contribution in [1.82, 2.24) is 5.32 Å². The number of amides is 1. The van der Waals surface area contributed by atoms with E-state index in [0.29, 0.717) is 5.56 Å². The summed E-state index contributed by atoms with van der Waals surface area (Å²) in [6, 6.07) is 6.31. The first-order valence-corrected chi connectivity index (χ1v) is 9.12. The third-order valence-electron chi connectivity index (χ3n) is 4.40. The molecule has 1 fully saturated rings. The highest BCUT2D eigenvalue weighted by molar-refractivity contribution is 7.89. The van der Waals surface area contributed by atoms with E-state index in [9.17, 15) is 13.2 Å². The van der Waals surface area contributed by atoms with Gasteiger partial charge in [0.2, 0.25) is 15.9 Å². The van der Waals surface area contributed by atoms with Crippen LogP contribution in [0.5, 0.6) is 0 Å². The summed E-state index contributed by atoms with van der Waals surface area (Å²) in [5.41, 5.74) is 1.88. The van der Waals surface area contributed by atoms with Crippen LogP contribution < -0.4 is 10.5 Å². The molecule has 1 aliphatic rings. The predicted molar refractivity (Wildman–Crippen MR) is 89.9 cm³/mol. The molecule has 0 saturated heterocycles. The van der Waals surface area contributed by atoms with Gasteiger partial charge in [-0.2, -0.15) is 0 Å². The first kappa shape index (κ1) is 17.7. The van der Waals surface area contributed by atoms with Crippen molar-refractivity contribution in [2.24, 2.45) is 22.4 Å². The van der Waals surface area contributed by atoms with Gasteiger partial charge in [-0.25, -0.2) is 13.6 Å². The van der Waals surface area contributed by atoms with Crippen LogP contribution >= 0.6 is 0 Å². The molecule has 1 amide bonds. The Morgan fingerprint density at radius 1 is 1.35 bits per heavy atom. The van der Waals surface area contributed by atoms with Gasteiger partial charge in [0, 0.05) is 6.54 Å². The lowest BCUT2D eigenvalue weighted by Gasteiger charge is -2.07. The van der Waals surface area contributed by atoms with Crippen molar-refractivity contribution >= 4 is 15.9 Å². The Bertz CT molecular complexity index is 747. The van der Waals surface area contributed by atoms with E-state index in [1.165, 1.54) is 17.7 Å². The minimum atomic E-state index is -3.73. The average molecular weight is 336 g/mol. The SMILES string of the molecule is CC(C)=C[C@H]1[C@@H](C(=O)NCc2cccc(S(N)(=O)=O)c2)C1(C)C. The lowest BCUT2D eigenvalue weighted by atomic mass is 10.1. The van der Waals surface area contributed by atoms with E-state index in [0.717, 1.165) is 0 Å². The van der Waals surface area contributed by atoms with E-state index in [1.54, 1.807) is 12.1 Å².